The van der Waals surface area contributed by atoms with E-state index in [0.717, 1.165) is 45.8 Å². The molecule has 2 aromatic carbocycles. The van der Waals surface area contributed by atoms with Gasteiger partial charge in [0.25, 0.3) is 0 Å². The maximum atomic E-state index is 6.61. The zero-order valence-electron chi connectivity index (χ0n) is 14.4. The quantitative estimate of drug-likeness (QED) is 0.529. The van der Waals surface area contributed by atoms with E-state index in [1.165, 1.54) is 24.8 Å². The Morgan fingerprint density at radius 3 is 2.62 bits per heavy atom. The fourth-order valence-electron chi connectivity index (χ4n) is 4.50. The molecule has 5 heteroatoms. The van der Waals surface area contributed by atoms with Gasteiger partial charge < -0.3 is 4.74 Å². The standard InChI is InChI=1S/C21H20BrClN2O/c22-15-6-9-20-17(12-15)19-13-18(14-4-7-16(23)8-5-14)24-25(19)21(26-20)10-2-1-3-11-21/h4-9,12,19H,1-3,10-11,13H2/t19-/m1/s1. The van der Waals surface area contributed by atoms with Crippen LogP contribution in [0.25, 0.3) is 0 Å². The zero-order chi connectivity index (χ0) is 17.7. The molecule has 1 aliphatic carbocycles. The third kappa shape index (κ3) is 2.66. The molecule has 134 valence electrons. The van der Waals surface area contributed by atoms with Crippen LogP contribution in [0, 0.1) is 0 Å². The molecule has 1 saturated carbocycles. The molecule has 2 aromatic rings. The largest absolute Gasteiger partial charge is 0.466 e. The number of halogens is 2. The number of ether oxygens (including phenoxy) is 1. The molecule has 0 amide bonds. The lowest BCUT2D eigenvalue weighted by atomic mass is 9.86. The number of hydrogen-bond donors (Lipinski definition) is 0. The molecule has 1 spiro atoms. The van der Waals surface area contributed by atoms with Gasteiger partial charge >= 0.3 is 0 Å². The number of rotatable bonds is 1. The first kappa shape index (κ1) is 16.6. The van der Waals surface area contributed by atoms with Crippen molar-refractivity contribution >= 4 is 33.2 Å². The van der Waals surface area contributed by atoms with Crippen LogP contribution in [0.2, 0.25) is 5.02 Å². The van der Waals surface area contributed by atoms with E-state index >= 15 is 0 Å². The highest BCUT2D eigenvalue weighted by Crippen LogP contribution is 2.51. The number of hydrazone groups is 1. The van der Waals surface area contributed by atoms with Gasteiger partial charge in [-0.3, -0.25) is 0 Å². The van der Waals surface area contributed by atoms with Crippen LogP contribution in [0.15, 0.2) is 52.0 Å². The van der Waals surface area contributed by atoms with Crippen molar-refractivity contribution in [3.8, 4) is 5.75 Å². The summed E-state index contributed by atoms with van der Waals surface area (Å²) >= 11 is 9.68. The van der Waals surface area contributed by atoms with E-state index in [9.17, 15) is 0 Å². The van der Waals surface area contributed by atoms with Crippen molar-refractivity contribution in [1.29, 1.82) is 0 Å². The molecular weight excluding hydrogens is 412 g/mol. The Hall–Kier alpha value is -1.52. The van der Waals surface area contributed by atoms with Gasteiger partial charge in [-0.15, -0.1) is 0 Å². The van der Waals surface area contributed by atoms with Gasteiger partial charge in [0, 0.05) is 34.3 Å². The molecule has 0 radical (unpaired) electrons. The average molecular weight is 432 g/mol. The SMILES string of the molecule is Clc1ccc(C2=NN3[C@H](C2)c2cc(Br)ccc2OC32CCCCC2)cc1. The molecule has 5 rings (SSSR count). The summed E-state index contributed by atoms with van der Waals surface area (Å²) in [5.41, 5.74) is 3.19. The van der Waals surface area contributed by atoms with Crippen molar-refractivity contribution < 1.29 is 4.74 Å². The van der Waals surface area contributed by atoms with Crippen molar-refractivity contribution in [1.82, 2.24) is 5.01 Å². The highest BCUT2D eigenvalue weighted by molar-refractivity contribution is 9.10. The van der Waals surface area contributed by atoms with Gasteiger partial charge in [-0.2, -0.15) is 5.10 Å². The van der Waals surface area contributed by atoms with Crippen LogP contribution in [-0.4, -0.2) is 16.4 Å². The Balaban J connectivity index is 1.60. The van der Waals surface area contributed by atoms with Crippen molar-refractivity contribution in [2.24, 2.45) is 5.10 Å². The molecular formula is C21H20BrClN2O. The second-order valence-corrected chi connectivity index (χ2v) is 8.76. The van der Waals surface area contributed by atoms with Gasteiger partial charge in [-0.05, 0) is 48.7 Å². The second-order valence-electron chi connectivity index (χ2n) is 7.41. The minimum absolute atomic E-state index is 0.236. The van der Waals surface area contributed by atoms with Crippen molar-refractivity contribution in [2.75, 3.05) is 0 Å². The molecule has 2 aliphatic heterocycles. The molecule has 0 N–H and O–H groups in total. The molecule has 1 fully saturated rings. The van der Waals surface area contributed by atoms with Gasteiger partial charge in [0.1, 0.15) is 5.75 Å². The molecule has 0 aromatic heterocycles. The van der Waals surface area contributed by atoms with E-state index in [1.807, 2.05) is 12.1 Å². The van der Waals surface area contributed by atoms with Gasteiger partial charge in [0.2, 0.25) is 0 Å². The second kappa shape index (κ2) is 6.28. The van der Waals surface area contributed by atoms with Crippen molar-refractivity contribution in [2.45, 2.75) is 50.3 Å². The van der Waals surface area contributed by atoms with Crippen LogP contribution >= 0.6 is 27.5 Å². The minimum Gasteiger partial charge on any atom is -0.466 e. The van der Waals surface area contributed by atoms with Crippen molar-refractivity contribution in [3.05, 3.63) is 63.1 Å². The summed E-state index contributed by atoms with van der Waals surface area (Å²) in [6.07, 6.45) is 6.65. The van der Waals surface area contributed by atoms with Gasteiger partial charge in [0.15, 0.2) is 5.72 Å². The summed E-state index contributed by atoms with van der Waals surface area (Å²) in [6.45, 7) is 0. The summed E-state index contributed by atoms with van der Waals surface area (Å²) in [7, 11) is 0. The summed E-state index contributed by atoms with van der Waals surface area (Å²) in [4.78, 5) is 0. The molecule has 0 saturated heterocycles. The Kier molecular flexibility index (Phi) is 4.02. The molecule has 0 unspecified atom stereocenters. The van der Waals surface area contributed by atoms with E-state index in [4.69, 9.17) is 21.4 Å². The van der Waals surface area contributed by atoms with Crippen LogP contribution in [0.4, 0.5) is 0 Å². The lowest BCUT2D eigenvalue weighted by molar-refractivity contribution is -0.140. The van der Waals surface area contributed by atoms with E-state index < -0.39 is 0 Å². The smallest absolute Gasteiger partial charge is 0.198 e. The normalized spacial score (nSPS) is 23.2. The topological polar surface area (TPSA) is 24.8 Å². The van der Waals surface area contributed by atoms with Gasteiger partial charge in [-0.1, -0.05) is 46.1 Å². The fraction of sp³-hybridized carbons (Fsp3) is 0.381. The average Bonchev–Trinajstić information content (AvgIpc) is 3.11. The molecule has 0 bridgehead atoms. The van der Waals surface area contributed by atoms with Crippen LogP contribution in [-0.2, 0) is 0 Å². The predicted molar refractivity (Wildman–Crippen MR) is 108 cm³/mol. The molecule has 2 heterocycles. The first-order valence-electron chi connectivity index (χ1n) is 9.26. The zero-order valence-corrected chi connectivity index (χ0v) is 16.8. The number of nitrogens with zero attached hydrogens (tertiary/aromatic N) is 2. The highest BCUT2D eigenvalue weighted by Gasteiger charge is 2.50. The fourth-order valence-corrected chi connectivity index (χ4v) is 5.01. The van der Waals surface area contributed by atoms with E-state index in [1.54, 1.807) is 0 Å². The minimum atomic E-state index is -0.294. The van der Waals surface area contributed by atoms with Crippen LogP contribution < -0.4 is 4.74 Å². The Labute approximate surface area is 167 Å². The Morgan fingerprint density at radius 1 is 1.08 bits per heavy atom. The van der Waals surface area contributed by atoms with Gasteiger partial charge in [-0.25, -0.2) is 5.01 Å². The van der Waals surface area contributed by atoms with Crippen LogP contribution in [0.5, 0.6) is 5.75 Å². The Bertz CT molecular complexity index is 874. The maximum absolute atomic E-state index is 6.61. The van der Waals surface area contributed by atoms with Crippen LogP contribution in [0.1, 0.15) is 55.7 Å². The van der Waals surface area contributed by atoms with Crippen molar-refractivity contribution in [3.63, 3.8) is 0 Å². The molecule has 3 nitrogen and oxygen atoms in total. The summed E-state index contributed by atoms with van der Waals surface area (Å²) in [6, 6.07) is 14.6. The Morgan fingerprint density at radius 2 is 1.85 bits per heavy atom. The summed E-state index contributed by atoms with van der Waals surface area (Å²) in [5, 5.41) is 8.11. The molecule has 3 aliphatic rings. The lowest BCUT2D eigenvalue weighted by Gasteiger charge is -2.49. The first-order valence-corrected chi connectivity index (χ1v) is 10.4. The third-order valence-electron chi connectivity index (χ3n) is 5.77. The third-order valence-corrected chi connectivity index (χ3v) is 6.52. The van der Waals surface area contributed by atoms with E-state index in [-0.39, 0.29) is 11.8 Å². The predicted octanol–water partition coefficient (Wildman–Crippen LogP) is 6.31. The summed E-state index contributed by atoms with van der Waals surface area (Å²) < 4.78 is 7.69. The number of benzene rings is 2. The maximum Gasteiger partial charge on any atom is 0.198 e. The monoisotopic (exact) mass is 430 g/mol. The molecule has 26 heavy (non-hydrogen) atoms. The highest BCUT2D eigenvalue weighted by atomic mass is 79.9. The van der Waals surface area contributed by atoms with E-state index in [0.29, 0.717) is 0 Å². The number of hydrogen-bond acceptors (Lipinski definition) is 3. The van der Waals surface area contributed by atoms with Gasteiger partial charge in [0.05, 0.1) is 11.8 Å². The summed E-state index contributed by atoms with van der Waals surface area (Å²) in [5.74, 6) is 1.02. The van der Waals surface area contributed by atoms with E-state index in [2.05, 4.69) is 51.3 Å². The lowest BCUT2D eigenvalue weighted by Crippen LogP contribution is -2.54. The number of fused-ring (bicyclic) bond motifs is 4. The van der Waals surface area contributed by atoms with Crippen LogP contribution in [0.3, 0.4) is 0 Å². The first-order chi connectivity index (χ1) is 12.6. The molecule has 1 atom stereocenters.